The van der Waals surface area contributed by atoms with E-state index in [-0.39, 0.29) is 5.91 Å². The molecule has 3 nitrogen and oxygen atoms in total. The van der Waals surface area contributed by atoms with Gasteiger partial charge in [0.1, 0.15) is 0 Å². The Balaban J connectivity index is 1.48. The van der Waals surface area contributed by atoms with E-state index in [2.05, 4.69) is 35.3 Å². The van der Waals surface area contributed by atoms with E-state index in [0.717, 1.165) is 37.9 Å². The fourth-order valence-electron chi connectivity index (χ4n) is 3.05. The molecule has 0 radical (unpaired) electrons. The number of hydrogen-bond donors (Lipinski definition) is 0. The predicted octanol–water partition coefficient (Wildman–Crippen LogP) is 3.58. The van der Waals surface area contributed by atoms with Crippen molar-refractivity contribution < 1.29 is 4.79 Å². The monoisotopic (exact) mass is 306 g/mol. The van der Waals surface area contributed by atoms with Crippen LogP contribution in [0.5, 0.6) is 0 Å². The summed E-state index contributed by atoms with van der Waals surface area (Å²) in [6.45, 7) is 1.71. The maximum absolute atomic E-state index is 12.3. The number of benzene rings is 1. The number of rotatable bonds is 4. The molecule has 0 N–H and O–H groups in total. The molecule has 1 aliphatic heterocycles. The Morgan fingerprint density at radius 2 is 1.91 bits per heavy atom. The molecule has 2 heterocycles. The molecule has 1 amide bonds. The van der Waals surface area contributed by atoms with E-state index in [4.69, 9.17) is 0 Å². The van der Waals surface area contributed by atoms with E-state index in [1.807, 2.05) is 23.1 Å². The Morgan fingerprint density at radius 3 is 2.61 bits per heavy atom. The SMILES string of the molecule is O=C(/C=C/c1cccnc1)N1CCC(Cc2ccccc2)CC1. The molecule has 1 aliphatic rings. The first kappa shape index (κ1) is 15.5. The van der Waals surface area contributed by atoms with Crippen LogP contribution in [0.4, 0.5) is 0 Å². The van der Waals surface area contributed by atoms with Crippen molar-refractivity contribution in [3.8, 4) is 0 Å². The number of pyridine rings is 1. The van der Waals surface area contributed by atoms with Crippen molar-refractivity contribution >= 4 is 12.0 Å². The number of amides is 1. The Morgan fingerprint density at radius 1 is 1.13 bits per heavy atom. The second-order valence-corrected chi connectivity index (χ2v) is 6.08. The Hall–Kier alpha value is -2.42. The third-order valence-electron chi connectivity index (χ3n) is 4.40. The summed E-state index contributed by atoms with van der Waals surface area (Å²) in [5, 5.41) is 0. The fourth-order valence-corrected chi connectivity index (χ4v) is 3.05. The van der Waals surface area contributed by atoms with Crippen molar-refractivity contribution in [2.75, 3.05) is 13.1 Å². The van der Waals surface area contributed by atoms with Gasteiger partial charge in [0.15, 0.2) is 0 Å². The van der Waals surface area contributed by atoms with E-state index >= 15 is 0 Å². The molecule has 3 heteroatoms. The van der Waals surface area contributed by atoms with Gasteiger partial charge in [-0.2, -0.15) is 0 Å². The number of likely N-dealkylation sites (tertiary alicyclic amines) is 1. The zero-order chi connectivity index (χ0) is 15.9. The van der Waals surface area contributed by atoms with E-state index in [0.29, 0.717) is 5.92 Å². The van der Waals surface area contributed by atoms with Crippen molar-refractivity contribution in [2.45, 2.75) is 19.3 Å². The average molecular weight is 306 g/mol. The number of nitrogens with zero attached hydrogens (tertiary/aromatic N) is 2. The van der Waals surface area contributed by atoms with Gasteiger partial charge in [-0.3, -0.25) is 9.78 Å². The Bertz CT molecular complexity index is 644. The van der Waals surface area contributed by atoms with Crippen LogP contribution in [-0.2, 0) is 11.2 Å². The highest BCUT2D eigenvalue weighted by Gasteiger charge is 2.21. The Kier molecular flexibility index (Phi) is 5.20. The van der Waals surface area contributed by atoms with Gasteiger partial charge in [0.2, 0.25) is 5.91 Å². The lowest BCUT2D eigenvalue weighted by Gasteiger charge is -2.31. The lowest BCUT2D eigenvalue weighted by atomic mass is 9.90. The van der Waals surface area contributed by atoms with Crippen LogP contribution in [-0.4, -0.2) is 28.9 Å². The molecule has 0 aliphatic carbocycles. The van der Waals surface area contributed by atoms with E-state index in [9.17, 15) is 4.79 Å². The maximum atomic E-state index is 12.3. The summed E-state index contributed by atoms with van der Waals surface area (Å²) < 4.78 is 0. The molecule has 1 fully saturated rings. The van der Waals surface area contributed by atoms with E-state index in [1.165, 1.54) is 5.56 Å². The summed E-state index contributed by atoms with van der Waals surface area (Å²) in [4.78, 5) is 18.3. The molecule has 3 rings (SSSR count). The lowest BCUT2D eigenvalue weighted by Crippen LogP contribution is -2.37. The second-order valence-electron chi connectivity index (χ2n) is 6.08. The van der Waals surface area contributed by atoms with Crippen LogP contribution in [0.2, 0.25) is 0 Å². The smallest absolute Gasteiger partial charge is 0.246 e. The minimum Gasteiger partial charge on any atom is -0.339 e. The van der Waals surface area contributed by atoms with Gasteiger partial charge >= 0.3 is 0 Å². The molecule has 118 valence electrons. The van der Waals surface area contributed by atoms with Crippen LogP contribution in [0.3, 0.4) is 0 Å². The van der Waals surface area contributed by atoms with E-state index < -0.39 is 0 Å². The normalized spacial score (nSPS) is 15.9. The zero-order valence-corrected chi connectivity index (χ0v) is 13.3. The molecule has 1 aromatic heterocycles. The highest BCUT2D eigenvalue weighted by atomic mass is 16.2. The molecule has 0 unspecified atom stereocenters. The predicted molar refractivity (Wildman–Crippen MR) is 92.7 cm³/mol. The first-order valence-electron chi connectivity index (χ1n) is 8.22. The van der Waals surface area contributed by atoms with Crippen LogP contribution in [0.15, 0.2) is 60.9 Å². The van der Waals surface area contributed by atoms with Crippen LogP contribution in [0.25, 0.3) is 6.08 Å². The number of carbonyl (C=O) groups excluding carboxylic acids is 1. The van der Waals surface area contributed by atoms with Crippen LogP contribution < -0.4 is 0 Å². The summed E-state index contributed by atoms with van der Waals surface area (Å²) >= 11 is 0. The minimum atomic E-state index is 0.104. The van der Waals surface area contributed by atoms with Crippen molar-refractivity contribution in [3.05, 3.63) is 72.1 Å². The zero-order valence-electron chi connectivity index (χ0n) is 13.3. The minimum absolute atomic E-state index is 0.104. The largest absolute Gasteiger partial charge is 0.339 e. The Labute approximate surface area is 137 Å². The standard InChI is InChI=1S/C20H22N2O/c23-20(9-8-19-7-4-12-21-16-19)22-13-10-18(11-14-22)15-17-5-2-1-3-6-17/h1-9,12,16,18H,10-11,13-15H2/b9-8+. The molecular weight excluding hydrogens is 284 g/mol. The van der Waals surface area contributed by atoms with Crippen molar-refractivity contribution in [1.29, 1.82) is 0 Å². The van der Waals surface area contributed by atoms with Gasteiger partial charge in [0.05, 0.1) is 0 Å². The van der Waals surface area contributed by atoms with Gasteiger partial charge in [-0.25, -0.2) is 0 Å². The van der Waals surface area contributed by atoms with Gasteiger partial charge in [0, 0.05) is 31.6 Å². The molecule has 0 spiro atoms. The third kappa shape index (κ3) is 4.52. The van der Waals surface area contributed by atoms with Gasteiger partial charge < -0.3 is 4.90 Å². The first-order chi connectivity index (χ1) is 11.3. The van der Waals surface area contributed by atoms with Crippen LogP contribution in [0.1, 0.15) is 24.0 Å². The molecule has 0 atom stereocenters. The van der Waals surface area contributed by atoms with Gasteiger partial charge in [-0.05, 0) is 48.4 Å². The highest BCUT2D eigenvalue weighted by molar-refractivity contribution is 5.91. The molecular formula is C20H22N2O. The second kappa shape index (κ2) is 7.73. The molecule has 0 saturated carbocycles. The number of piperidine rings is 1. The maximum Gasteiger partial charge on any atom is 0.246 e. The van der Waals surface area contributed by atoms with Gasteiger partial charge in [-0.1, -0.05) is 36.4 Å². The third-order valence-corrected chi connectivity index (χ3v) is 4.40. The average Bonchev–Trinajstić information content (AvgIpc) is 2.62. The fraction of sp³-hybridized carbons (Fsp3) is 0.300. The van der Waals surface area contributed by atoms with E-state index in [1.54, 1.807) is 18.5 Å². The van der Waals surface area contributed by atoms with Crippen LogP contribution in [0, 0.1) is 5.92 Å². The van der Waals surface area contributed by atoms with Gasteiger partial charge in [0.25, 0.3) is 0 Å². The molecule has 2 aromatic rings. The van der Waals surface area contributed by atoms with Crippen molar-refractivity contribution in [1.82, 2.24) is 9.88 Å². The van der Waals surface area contributed by atoms with Crippen molar-refractivity contribution in [2.24, 2.45) is 5.92 Å². The summed E-state index contributed by atoms with van der Waals surface area (Å²) in [7, 11) is 0. The van der Waals surface area contributed by atoms with Crippen LogP contribution >= 0.6 is 0 Å². The molecule has 1 aromatic carbocycles. The number of aromatic nitrogens is 1. The highest BCUT2D eigenvalue weighted by Crippen LogP contribution is 2.21. The lowest BCUT2D eigenvalue weighted by molar-refractivity contribution is -0.127. The quantitative estimate of drug-likeness (QED) is 0.809. The number of hydrogen-bond acceptors (Lipinski definition) is 2. The topological polar surface area (TPSA) is 33.2 Å². The summed E-state index contributed by atoms with van der Waals surface area (Å²) in [5.74, 6) is 0.788. The van der Waals surface area contributed by atoms with Gasteiger partial charge in [-0.15, -0.1) is 0 Å². The summed E-state index contributed by atoms with van der Waals surface area (Å²) in [6.07, 6.45) is 10.3. The molecule has 1 saturated heterocycles. The molecule has 23 heavy (non-hydrogen) atoms. The van der Waals surface area contributed by atoms with Crippen molar-refractivity contribution in [3.63, 3.8) is 0 Å². The number of carbonyl (C=O) groups is 1. The summed E-state index contributed by atoms with van der Waals surface area (Å²) in [5.41, 5.74) is 2.36. The first-order valence-corrected chi connectivity index (χ1v) is 8.22. The summed E-state index contributed by atoms with van der Waals surface area (Å²) in [6, 6.07) is 14.4. The molecule has 0 bridgehead atoms.